The van der Waals surface area contributed by atoms with E-state index in [1.165, 1.54) is 6.92 Å². The van der Waals surface area contributed by atoms with Gasteiger partial charge in [-0.1, -0.05) is 18.2 Å². The van der Waals surface area contributed by atoms with Gasteiger partial charge >= 0.3 is 0 Å². The van der Waals surface area contributed by atoms with Gasteiger partial charge in [-0.2, -0.15) is 0 Å². The first-order valence-corrected chi connectivity index (χ1v) is 4.21. The van der Waals surface area contributed by atoms with E-state index in [1.807, 2.05) is 30.3 Å². The molecule has 0 unspecified atom stereocenters. The predicted molar refractivity (Wildman–Crippen MR) is 50.6 cm³/mol. The highest BCUT2D eigenvalue weighted by Crippen LogP contribution is 2.07. The maximum absolute atomic E-state index is 10.5. The summed E-state index contributed by atoms with van der Waals surface area (Å²) < 4.78 is 5.34. The van der Waals surface area contributed by atoms with Gasteiger partial charge in [-0.15, -0.1) is 0 Å². The number of rotatable bonds is 4. The largest absolute Gasteiger partial charge is 0.492 e. The van der Waals surface area contributed by atoms with Crippen molar-refractivity contribution >= 4 is 5.91 Å². The lowest BCUT2D eigenvalue weighted by molar-refractivity contribution is -0.119. The smallest absolute Gasteiger partial charge is 0.216 e. The molecule has 13 heavy (non-hydrogen) atoms. The van der Waals surface area contributed by atoms with E-state index in [0.29, 0.717) is 13.2 Å². The van der Waals surface area contributed by atoms with E-state index in [1.54, 1.807) is 0 Å². The van der Waals surface area contributed by atoms with E-state index in [0.717, 1.165) is 5.75 Å². The third kappa shape index (κ3) is 4.15. The minimum absolute atomic E-state index is 0.0309. The number of nitrogens with one attached hydrogen (secondary N) is 1. The summed E-state index contributed by atoms with van der Waals surface area (Å²) in [4.78, 5) is 10.5. The molecular weight excluding hydrogens is 166 g/mol. The average Bonchev–Trinajstić information content (AvgIpc) is 2.14. The highest BCUT2D eigenvalue weighted by molar-refractivity contribution is 5.72. The average molecular weight is 179 g/mol. The zero-order valence-electron chi connectivity index (χ0n) is 7.62. The SMILES string of the molecule is CC(=O)NCCOc1ccccc1. The molecule has 3 nitrogen and oxygen atoms in total. The van der Waals surface area contributed by atoms with Gasteiger partial charge < -0.3 is 10.1 Å². The second-order valence-corrected chi connectivity index (χ2v) is 2.64. The molecule has 1 N–H and O–H groups in total. The van der Waals surface area contributed by atoms with Crippen molar-refractivity contribution in [2.24, 2.45) is 0 Å². The lowest BCUT2D eigenvalue weighted by Gasteiger charge is -2.05. The molecule has 0 aliphatic heterocycles. The maximum Gasteiger partial charge on any atom is 0.216 e. The van der Waals surface area contributed by atoms with Crippen molar-refractivity contribution in [1.82, 2.24) is 5.32 Å². The van der Waals surface area contributed by atoms with Crippen LogP contribution >= 0.6 is 0 Å². The normalized spacial score (nSPS) is 9.31. The monoisotopic (exact) mass is 179 g/mol. The molecule has 1 rings (SSSR count). The second-order valence-electron chi connectivity index (χ2n) is 2.64. The van der Waals surface area contributed by atoms with Crippen molar-refractivity contribution in [3.63, 3.8) is 0 Å². The Bertz CT molecular complexity index is 259. The van der Waals surface area contributed by atoms with Crippen LogP contribution in [0.4, 0.5) is 0 Å². The van der Waals surface area contributed by atoms with Gasteiger partial charge in [-0.05, 0) is 12.1 Å². The standard InChI is InChI=1S/C10H13NO2/c1-9(12)11-7-8-13-10-5-3-2-4-6-10/h2-6H,7-8H2,1H3,(H,11,12). The Morgan fingerprint density at radius 1 is 1.38 bits per heavy atom. The van der Waals surface area contributed by atoms with Crippen LogP contribution < -0.4 is 10.1 Å². The fourth-order valence-corrected chi connectivity index (χ4v) is 0.913. The molecular formula is C10H13NO2. The molecule has 0 heterocycles. The van der Waals surface area contributed by atoms with Gasteiger partial charge in [0.15, 0.2) is 0 Å². The van der Waals surface area contributed by atoms with Gasteiger partial charge in [-0.3, -0.25) is 4.79 Å². The molecule has 0 aliphatic carbocycles. The van der Waals surface area contributed by atoms with Gasteiger partial charge in [0.1, 0.15) is 12.4 Å². The predicted octanol–water partition coefficient (Wildman–Crippen LogP) is 1.20. The lowest BCUT2D eigenvalue weighted by atomic mass is 10.3. The Hall–Kier alpha value is -1.51. The van der Waals surface area contributed by atoms with E-state index in [-0.39, 0.29) is 5.91 Å². The Kier molecular flexibility index (Phi) is 3.82. The summed E-state index contributed by atoms with van der Waals surface area (Å²) in [6, 6.07) is 9.52. The van der Waals surface area contributed by atoms with Gasteiger partial charge in [0.2, 0.25) is 5.91 Å². The number of ether oxygens (including phenoxy) is 1. The number of hydrogen-bond acceptors (Lipinski definition) is 2. The molecule has 0 bridgehead atoms. The molecule has 1 aromatic rings. The number of benzene rings is 1. The highest BCUT2D eigenvalue weighted by Gasteiger charge is 1.92. The first-order chi connectivity index (χ1) is 6.29. The van der Waals surface area contributed by atoms with Gasteiger partial charge in [0, 0.05) is 6.92 Å². The third-order valence-corrected chi connectivity index (χ3v) is 1.49. The fourth-order valence-electron chi connectivity index (χ4n) is 0.913. The van der Waals surface area contributed by atoms with E-state index >= 15 is 0 Å². The molecule has 70 valence electrons. The molecule has 1 amide bonds. The van der Waals surface area contributed by atoms with Crippen molar-refractivity contribution in [2.75, 3.05) is 13.2 Å². The van der Waals surface area contributed by atoms with Crippen LogP contribution in [0.2, 0.25) is 0 Å². The van der Waals surface area contributed by atoms with Crippen LogP contribution in [-0.4, -0.2) is 19.1 Å². The Balaban J connectivity index is 2.17. The zero-order valence-corrected chi connectivity index (χ0v) is 7.62. The number of carbonyl (C=O) groups is 1. The van der Waals surface area contributed by atoms with Crippen molar-refractivity contribution in [1.29, 1.82) is 0 Å². The number of carbonyl (C=O) groups excluding carboxylic acids is 1. The molecule has 0 aliphatic rings. The summed E-state index contributed by atoms with van der Waals surface area (Å²) in [5.41, 5.74) is 0. The van der Waals surface area contributed by atoms with E-state index in [9.17, 15) is 4.79 Å². The molecule has 0 atom stereocenters. The van der Waals surface area contributed by atoms with Gasteiger partial charge in [0.05, 0.1) is 6.54 Å². The van der Waals surface area contributed by atoms with Gasteiger partial charge in [-0.25, -0.2) is 0 Å². The first kappa shape index (κ1) is 9.58. The van der Waals surface area contributed by atoms with Crippen molar-refractivity contribution in [3.05, 3.63) is 30.3 Å². The molecule has 1 aromatic carbocycles. The van der Waals surface area contributed by atoms with E-state index < -0.39 is 0 Å². The lowest BCUT2D eigenvalue weighted by Crippen LogP contribution is -2.25. The quantitative estimate of drug-likeness (QED) is 0.705. The van der Waals surface area contributed by atoms with Crippen LogP contribution in [0.15, 0.2) is 30.3 Å². The third-order valence-electron chi connectivity index (χ3n) is 1.49. The Labute approximate surface area is 77.7 Å². The van der Waals surface area contributed by atoms with E-state index in [2.05, 4.69) is 5.32 Å². The van der Waals surface area contributed by atoms with Crippen LogP contribution in [0.3, 0.4) is 0 Å². The summed E-state index contributed by atoms with van der Waals surface area (Å²) in [5.74, 6) is 0.796. The summed E-state index contributed by atoms with van der Waals surface area (Å²) in [7, 11) is 0. The number of amides is 1. The van der Waals surface area contributed by atoms with E-state index in [4.69, 9.17) is 4.74 Å². The molecule has 0 radical (unpaired) electrons. The summed E-state index contributed by atoms with van der Waals surface area (Å²) in [5, 5.41) is 2.65. The van der Waals surface area contributed by atoms with Gasteiger partial charge in [0.25, 0.3) is 0 Å². The Morgan fingerprint density at radius 2 is 2.08 bits per heavy atom. The molecule has 0 aromatic heterocycles. The van der Waals surface area contributed by atoms with Crippen LogP contribution in [0.25, 0.3) is 0 Å². The summed E-state index contributed by atoms with van der Waals surface area (Å²) >= 11 is 0. The minimum atomic E-state index is -0.0309. The first-order valence-electron chi connectivity index (χ1n) is 4.21. The van der Waals surface area contributed by atoms with Crippen molar-refractivity contribution in [2.45, 2.75) is 6.92 Å². The van der Waals surface area contributed by atoms with Crippen LogP contribution in [0.5, 0.6) is 5.75 Å². The zero-order chi connectivity index (χ0) is 9.52. The topological polar surface area (TPSA) is 38.3 Å². The van der Waals surface area contributed by atoms with Crippen molar-refractivity contribution < 1.29 is 9.53 Å². The molecule has 0 saturated heterocycles. The van der Waals surface area contributed by atoms with Crippen molar-refractivity contribution in [3.8, 4) is 5.75 Å². The second kappa shape index (κ2) is 5.19. The summed E-state index contributed by atoms with van der Waals surface area (Å²) in [6.45, 7) is 2.54. The summed E-state index contributed by atoms with van der Waals surface area (Å²) in [6.07, 6.45) is 0. The number of hydrogen-bond donors (Lipinski definition) is 1. The molecule has 3 heteroatoms. The minimum Gasteiger partial charge on any atom is -0.492 e. The highest BCUT2D eigenvalue weighted by atomic mass is 16.5. The molecule has 0 fully saturated rings. The van der Waals surface area contributed by atoms with Crippen LogP contribution in [0.1, 0.15) is 6.92 Å². The number of para-hydroxylation sites is 1. The Morgan fingerprint density at radius 3 is 2.69 bits per heavy atom. The fraction of sp³-hybridized carbons (Fsp3) is 0.300. The molecule has 0 saturated carbocycles. The maximum atomic E-state index is 10.5. The van der Waals surface area contributed by atoms with Crippen LogP contribution in [-0.2, 0) is 4.79 Å². The molecule has 0 spiro atoms. The van der Waals surface area contributed by atoms with Crippen LogP contribution in [0, 0.1) is 0 Å².